The second-order valence-corrected chi connectivity index (χ2v) is 6.77. The Balaban J connectivity index is 1.66. The summed E-state index contributed by atoms with van der Waals surface area (Å²) in [5.74, 6) is -0.571. The van der Waals surface area contributed by atoms with Crippen molar-refractivity contribution in [2.45, 2.75) is 25.4 Å². The third kappa shape index (κ3) is 4.41. The number of benzene rings is 1. The number of cyclic esters (lactones) is 1. The largest absolute Gasteiger partial charge is 0.444 e. The zero-order chi connectivity index (χ0) is 20.3. The van der Waals surface area contributed by atoms with Crippen molar-refractivity contribution in [3.63, 3.8) is 0 Å². The van der Waals surface area contributed by atoms with E-state index in [0.717, 1.165) is 0 Å². The van der Waals surface area contributed by atoms with Crippen molar-refractivity contribution < 1.29 is 27.5 Å². The Kier molecular flexibility index (Phi) is 6.12. The molecule has 0 spiro atoms. The van der Waals surface area contributed by atoms with Crippen LogP contribution in [0.4, 0.5) is 29.3 Å². The van der Waals surface area contributed by atoms with Gasteiger partial charge >= 0.3 is 6.09 Å². The van der Waals surface area contributed by atoms with E-state index in [0.29, 0.717) is 25.2 Å². The van der Waals surface area contributed by atoms with Gasteiger partial charge in [-0.15, -0.1) is 0 Å². The van der Waals surface area contributed by atoms with Gasteiger partial charge < -0.3 is 9.64 Å². The lowest BCUT2D eigenvalue weighted by Gasteiger charge is -2.27. The molecular weight excluding hydrogens is 397 g/mol. The number of nitrogens with zero attached hydrogens (tertiary/aromatic N) is 4. The summed E-state index contributed by atoms with van der Waals surface area (Å²) in [5.41, 5.74) is 0.554. The Morgan fingerprint density at radius 2 is 2.18 bits per heavy atom. The summed E-state index contributed by atoms with van der Waals surface area (Å²) in [5, 5.41) is 5.06. The van der Waals surface area contributed by atoms with Crippen LogP contribution >= 0.6 is 12.2 Å². The molecule has 11 heteroatoms. The summed E-state index contributed by atoms with van der Waals surface area (Å²) in [4.78, 5) is 25.2. The second kappa shape index (κ2) is 8.55. The van der Waals surface area contributed by atoms with Gasteiger partial charge in [0, 0.05) is 6.54 Å². The van der Waals surface area contributed by atoms with Crippen molar-refractivity contribution in [2.75, 3.05) is 29.4 Å². The highest BCUT2D eigenvalue weighted by atomic mass is 32.1. The number of ether oxygens (including phenoxy) is 1. The van der Waals surface area contributed by atoms with Crippen LogP contribution in [-0.4, -0.2) is 60.9 Å². The number of hydrogen-bond donors (Lipinski definition) is 0. The highest BCUT2D eigenvalue weighted by molar-refractivity contribution is 7.80. The zero-order valence-electron chi connectivity index (χ0n) is 14.6. The van der Waals surface area contributed by atoms with E-state index in [2.05, 4.69) is 17.3 Å². The van der Waals surface area contributed by atoms with Crippen molar-refractivity contribution in [2.24, 2.45) is 5.10 Å². The smallest absolute Gasteiger partial charge is 0.414 e. The number of carbonyl (C=O) groups is 2. The summed E-state index contributed by atoms with van der Waals surface area (Å²) in [7, 11) is 0. The predicted octanol–water partition coefficient (Wildman–Crippen LogP) is 2.79. The molecule has 0 aliphatic carbocycles. The molecule has 0 N–H and O–H groups in total. The molecule has 0 unspecified atom stereocenters. The maximum Gasteiger partial charge on any atom is 0.414 e. The summed E-state index contributed by atoms with van der Waals surface area (Å²) >= 11 is 4.58. The van der Waals surface area contributed by atoms with E-state index in [4.69, 9.17) is 4.74 Å². The molecule has 1 fully saturated rings. The van der Waals surface area contributed by atoms with Crippen LogP contribution in [-0.2, 0) is 9.53 Å². The van der Waals surface area contributed by atoms with Crippen molar-refractivity contribution in [1.29, 1.82) is 0 Å². The molecule has 0 saturated carbocycles. The first-order valence-corrected chi connectivity index (χ1v) is 8.91. The minimum atomic E-state index is -2.68. The van der Waals surface area contributed by atoms with Crippen LogP contribution < -0.4 is 9.80 Å². The molecular formula is C17H17F3N4O3S. The molecule has 7 nitrogen and oxygen atoms in total. The first kappa shape index (κ1) is 20.1. The fourth-order valence-electron chi connectivity index (χ4n) is 2.91. The first-order chi connectivity index (χ1) is 13.4. The van der Waals surface area contributed by atoms with Crippen molar-refractivity contribution in [1.82, 2.24) is 5.01 Å². The number of hydrazone groups is 1. The molecule has 1 aromatic carbocycles. The number of alkyl halides is 2. The minimum Gasteiger partial charge on any atom is -0.444 e. The molecule has 3 rings (SSSR count). The van der Waals surface area contributed by atoms with Crippen LogP contribution in [0.1, 0.15) is 12.8 Å². The van der Waals surface area contributed by atoms with Crippen molar-refractivity contribution in [3.8, 4) is 0 Å². The summed E-state index contributed by atoms with van der Waals surface area (Å²) in [6, 6.07) is 4.26. The quantitative estimate of drug-likeness (QED) is 0.507. The lowest BCUT2D eigenvalue weighted by Crippen LogP contribution is -2.37. The normalized spacial score (nSPS) is 19.4. The van der Waals surface area contributed by atoms with Crippen LogP contribution in [0.15, 0.2) is 23.3 Å². The maximum atomic E-state index is 14.6. The number of amides is 2. The number of thiocarbonyl (C=S) groups is 1. The van der Waals surface area contributed by atoms with E-state index >= 15 is 0 Å². The van der Waals surface area contributed by atoms with Crippen LogP contribution in [0, 0.1) is 5.82 Å². The van der Waals surface area contributed by atoms with Gasteiger partial charge in [-0.2, -0.15) is 5.10 Å². The van der Waals surface area contributed by atoms with Gasteiger partial charge in [0.05, 0.1) is 29.3 Å². The second-order valence-electron chi connectivity index (χ2n) is 6.25. The van der Waals surface area contributed by atoms with E-state index in [1.165, 1.54) is 28.4 Å². The Hall–Kier alpha value is -2.69. The molecule has 2 aliphatic rings. The molecule has 2 heterocycles. The number of carbonyl (C=O) groups excluding carboxylic acids is 2. The maximum absolute atomic E-state index is 14.6. The number of hydrogen-bond acceptors (Lipinski definition) is 6. The Morgan fingerprint density at radius 1 is 1.39 bits per heavy atom. The van der Waals surface area contributed by atoms with Crippen LogP contribution in [0.2, 0.25) is 0 Å². The molecule has 1 saturated heterocycles. The molecule has 150 valence electrons. The van der Waals surface area contributed by atoms with Gasteiger partial charge in [-0.3, -0.25) is 9.69 Å². The fraction of sp³-hybridized carbons (Fsp3) is 0.412. The molecule has 2 aliphatic heterocycles. The van der Waals surface area contributed by atoms with Gasteiger partial charge in [0.15, 0.2) is 0 Å². The van der Waals surface area contributed by atoms with Crippen LogP contribution in [0.3, 0.4) is 0 Å². The third-order valence-corrected chi connectivity index (χ3v) is 4.80. The van der Waals surface area contributed by atoms with Gasteiger partial charge in [-0.1, -0.05) is 12.2 Å². The SMILES string of the molecule is O=CN1CCN(c2ccc(N3C[C@H](CCC(=S)C(F)F)OC3=O)cc2F)C=N1. The van der Waals surface area contributed by atoms with E-state index in [9.17, 15) is 22.8 Å². The van der Waals surface area contributed by atoms with Gasteiger partial charge in [-0.25, -0.2) is 23.0 Å². The van der Waals surface area contributed by atoms with Crippen molar-refractivity contribution in [3.05, 3.63) is 24.0 Å². The minimum absolute atomic E-state index is 0.0296. The van der Waals surface area contributed by atoms with Crippen LogP contribution in [0.5, 0.6) is 0 Å². The van der Waals surface area contributed by atoms with Crippen LogP contribution in [0.25, 0.3) is 0 Å². The average Bonchev–Trinajstić information content (AvgIpc) is 3.06. The van der Waals surface area contributed by atoms with Crippen molar-refractivity contribution >= 4 is 47.3 Å². The van der Waals surface area contributed by atoms with E-state index in [1.807, 2.05) is 0 Å². The average molecular weight is 414 g/mol. The number of rotatable bonds is 7. The highest BCUT2D eigenvalue weighted by Crippen LogP contribution is 2.29. The lowest BCUT2D eigenvalue weighted by molar-refractivity contribution is -0.118. The zero-order valence-corrected chi connectivity index (χ0v) is 15.4. The topological polar surface area (TPSA) is 65.5 Å². The van der Waals surface area contributed by atoms with Gasteiger partial charge in [-0.05, 0) is 31.0 Å². The Bertz CT molecular complexity index is 808. The number of halogens is 3. The van der Waals surface area contributed by atoms with E-state index < -0.39 is 24.4 Å². The first-order valence-electron chi connectivity index (χ1n) is 8.50. The standard InChI is InChI=1S/C17H17F3N4O3S/c18-13-7-11(1-3-14(13)22-5-6-23(10-25)21-9-22)24-8-12(27-17(24)26)2-4-15(28)16(19)20/h1,3,7,9-10,12,16H,2,4-6,8H2/t12-/m0/s1. The van der Waals surface area contributed by atoms with E-state index in [1.54, 1.807) is 11.0 Å². The highest BCUT2D eigenvalue weighted by Gasteiger charge is 2.33. The predicted molar refractivity (Wildman–Crippen MR) is 100 cm³/mol. The summed E-state index contributed by atoms with van der Waals surface area (Å²) < 4.78 is 44.7. The molecule has 2 amide bonds. The monoisotopic (exact) mass is 414 g/mol. The molecule has 28 heavy (non-hydrogen) atoms. The van der Waals surface area contributed by atoms with Gasteiger partial charge in [0.1, 0.15) is 18.3 Å². The number of anilines is 2. The van der Waals surface area contributed by atoms with Gasteiger partial charge in [0.25, 0.3) is 6.43 Å². The molecule has 0 radical (unpaired) electrons. The third-order valence-electron chi connectivity index (χ3n) is 4.41. The molecule has 0 bridgehead atoms. The van der Waals surface area contributed by atoms with E-state index in [-0.39, 0.29) is 29.9 Å². The molecule has 1 atom stereocenters. The fourth-order valence-corrected chi connectivity index (χ4v) is 3.03. The molecule has 0 aromatic heterocycles. The molecule has 1 aromatic rings. The summed E-state index contributed by atoms with van der Waals surface area (Å²) in [6.45, 7) is 0.821. The lowest BCUT2D eigenvalue weighted by atomic mass is 10.1. The Morgan fingerprint density at radius 3 is 2.79 bits per heavy atom. The Labute approximate surface area is 164 Å². The summed E-state index contributed by atoms with van der Waals surface area (Å²) in [6.07, 6.45) is -1.85. The van der Waals surface area contributed by atoms with Gasteiger partial charge in [0.2, 0.25) is 6.41 Å².